The Morgan fingerprint density at radius 3 is 0.735 bits per heavy atom. The fraction of sp³-hybridized carbons (Fsp3) is 0.779. The fourth-order valence-electron chi connectivity index (χ4n) is 10.5. The van der Waals surface area contributed by atoms with Gasteiger partial charge >= 0.3 is 17.9 Å². The van der Waals surface area contributed by atoms with Crippen LogP contribution in [0.25, 0.3) is 0 Å². The predicted molar refractivity (Wildman–Crippen MR) is 362 cm³/mol. The number of allylic oxidation sites excluding steroid dienone is 14. The van der Waals surface area contributed by atoms with Gasteiger partial charge in [0.1, 0.15) is 13.2 Å². The van der Waals surface area contributed by atoms with Crippen molar-refractivity contribution >= 4 is 17.9 Å². The van der Waals surface area contributed by atoms with E-state index in [1.807, 2.05) is 0 Å². The Bertz CT molecular complexity index is 1570. The molecular weight excluding hydrogens is 1020 g/mol. The molecule has 0 aromatic rings. The van der Waals surface area contributed by atoms with Crippen molar-refractivity contribution < 1.29 is 28.6 Å². The summed E-state index contributed by atoms with van der Waals surface area (Å²) >= 11 is 0. The van der Waals surface area contributed by atoms with Crippen LogP contribution in [0.4, 0.5) is 0 Å². The molecule has 1 unspecified atom stereocenters. The third kappa shape index (κ3) is 69.3. The summed E-state index contributed by atoms with van der Waals surface area (Å²) in [6.07, 6.45) is 94.6. The van der Waals surface area contributed by atoms with Crippen LogP contribution in [0.5, 0.6) is 0 Å². The number of esters is 3. The minimum Gasteiger partial charge on any atom is -0.462 e. The Morgan fingerprint density at radius 2 is 0.470 bits per heavy atom. The van der Waals surface area contributed by atoms with Crippen LogP contribution >= 0.6 is 0 Å². The topological polar surface area (TPSA) is 78.9 Å². The molecule has 6 nitrogen and oxygen atoms in total. The average molecular weight is 1160 g/mol. The Balaban J connectivity index is 4.34. The van der Waals surface area contributed by atoms with Crippen LogP contribution in [0.15, 0.2) is 85.1 Å². The second-order valence-corrected chi connectivity index (χ2v) is 24.1. The number of hydrogen-bond acceptors (Lipinski definition) is 6. The van der Waals surface area contributed by atoms with E-state index in [1.54, 1.807) is 0 Å². The van der Waals surface area contributed by atoms with E-state index in [0.29, 0.717) is 19.3 Å². The molecule has 0 aliphatic carbocycles. The summed E-state index contributed by atoms with van der Waals surface area (Å²) in [4.78, 5) is 38.5. The molecule has 0 amide bonds. The normalized spacial score (nSPS) is 12.6. The molecule has 0 spiro atoms. The van der Waals surface area contributed by atoms with Crippen LogP contribution in [0.1, 0.15) is 367 Å². The van der Waals surface area contributed by atoms with E-state index in [4.69, 9.17) is 14.2 Å². The van der Waals surface area contributed by atoms with Gasteiger partial charge in [0.05, 0.1) is 0 Å². The van der Waals surface area contributed by atoms with E-state index < -0.39 is 6.10 Å². The molecule has 0 aliphatic heterocycles. The second kappa shape index (κ2) is 71.1. The van der Waals surface area contributed by atoms with Crippen molar-refractivity contribution in [3.05, 3.63) is 85.1 Å². The summed E-state index contributed by atoms with van der Waals surface area (Å²) in [5.41, 5.74) is 0. The van der Waals surface area contributed by atoms with Crippen LogP contribution < -0.4 is 0 Å². The molecule has 0 heterocycles. The highest BCUT2D eigenvalue weighted by Crippen LogP contribution is 2.17. The molecule has 0 aromatic carbocycles. The molecule has 1 atom stereocenters. The van der Waals surface area contributed by atoms with Gasteiger partial charge in [0, 0.05) is 19.3 Å². The van der Waals surface area contributed by atoms with Gasteiger partial charge in [-0.3, -0.25) is 14.4 Å². The smallest absolute Gasteiger partial charge is 0.306 e. The zero-order valence-electron chi connectivity index (χ0n) is 55.2. The molecule has 0 bridgehead atoms. The van der Waals surface area contributed by atoms with Crippen molar-refractivity contribution in [2.75, 3.05) is 13.2 Å². The highest BCUT2D eigenvalue weighted by Gasteiger charge is 2.19. The first kappa shape index (κ1) is 79.6. The molecule has 0 saturated heterocycles. The first-order valence-corrected chi connectivity index (χ1v) is 36.1. The van der Waals surface area contributed by atoms with Gasteiger partial charge in [0.25, 0.3) is 0 Å². The number of hydrogen-bond donors (Lipinski definition) is 0. The zero-order chi connectivity index (χ0) is 59.9. The molecule has 0 rings (SSSR count). The molecule has 0 aliphatic rings. The monoisotopic (exact) mass is 1160 g/mol. The molecule has 6 heteroatoms. The highest BCUT2D eigenvalue weighted by molar-refractivity contribution is 5.71. The van der Waals surface area contributed by atoms with Gasteiger partial charge in [-0.05, 0) is 116 Å². The Morgan fingerprint density at radius 1 is 0.253 bits per heavy atom. The van der Waals surface area contributed by atoms with Crippen molar-refractivity contribution in [3.63, 3.8) is 0 Å². The van der Waals surface area contributed by atoms with Crippen LogP contribution in [-0.4, -0.2) is 37.2 Å². The third-order valence-corrected chi connectivity index (χ3v) is 15.9. The maximum absolute atomic E-state index is 13.0. The maximum atomic E-state index is 13.0. The number of carbonyl (C=O) groups excluding carboxylic acids is 3. The van der Waals surface area contributed by atoms with Gasteiger partial charge < -0.3 is 14.2 Å². The summed E-state index contributed by atoms with van der Waals surface area (Å²) in [7, 11) is 0. The first-order valence-electron chi connectivity index (χ1n) is 36.1. The third-order valence-electron chi connectivity index (χ3n) is 15.9. The van der Waals surface area contributed by atoms with Crippen LogP contribution in [0.2, 0.25) is 0 Å². The van der Waals surface area contributed by atoms with E-state index in [9.17, 15) is 14.4 Å². The van der Waals surface area contributed by atoms with Gasteiger partial charge in [0.2, 0.25) is 0 Å². The largest absolute Gasteiger partial charge is 0.462 e. The molecule has 0 radical (unpaired) electrons. The van der Waals surface area contributed by atoms with E-state index in [-0.39, 0.29) is 31.1 Å². The summed E-state index contributed by atoms with van der Waals surface area (Å²) in [6.45, 7) is 6.55. The van der Waals surface area contributed by atoms with E-state index in [1.165, 1.54) is 231 Å². The summed E-state index contributed by atoms with van der Waals surface area (Å²) in [5, 5.41) is 0. The number of unbranched alkanes of at least 4 members (excludes halogenated alkanes) is 41. The molecule has 0 fully saturated rings. The van der Waals surface area contributed by atoms with Crippen molar-refractivity contribution in [1.29, 1.82) is 0 Å². The van der Waals surface area contributed by atoms with Gasteiger partial charge in [-0.15, -0.1) is 0 Å². The first-order chi connectivity index (χ1) is 41.0. The minimum atomic E-state index is -0.785. The number of ether oxygens (including phenoxy) is 3. The molecule has 0 N–H and O–H groups in total. The quantitative estimate of drug-likeness (QED) is 0.0261. The molecule has 0 aromatic heterocycles. The zero-order valence-corrected chi connectivity index (χ0v) is 55.2. The lowest BCUT2D eigenvalue weighted by molar-refractivity contribution is -0.167. The van der Waals surface area contributed by atoms with E-state index in [2.05, 4.69) is 106 Å². The summed E-state index contributed by atoms with van der Waals surface area (Å²) < 4.78 is 17.0. The van der Waals surface area contributed by atoms with Gasteiger partial charge in [-0.1, -0.05) is 318 Å². The predicted octanol–water partition coefficient (Wildman–Crippen LogP) is 25.0. The van der Waals surface area contributed by atoms with Gasteiger partial charge in [-0.2, -0.15) is 0 Å². The Hall–Kier alpha value is -3.41. The lowest BCUT2D eigenvalue weighted by atomic mass is 10.0. The molecule has 480 valence electrons. The van der Waals surface area contributed by atoms with Crippen molar-refractivity contribution in [2.45, 2.75) is 374 Å². The average Bonchev–Trinajstić information content (AvgIpc) is 3.49. The standard InChI is InChI=1S/C77H136O6/c1-4-7-10-13-16-19-22-25-28-31-33-35-37-38-40-41-43-46-49-52-55-58-61-64-67-70-76(79)82-73-74(72-81-75(78)69-66-63-60-57-54-51-48-45-30-27-24-21-18-15-12-9-6-3)83-77(80)71-68-65-62-59-56-53-50-47-44-42-39-36-34-32-29-26-23-20-17-14-11-8-5-2/h9,12,18,21-23,25-27,30-34,74H,4-8,10-11,13-17,19-20,24,28-29,35-73H2,1-3H3/b12-9-,21-18-,25-22-,26-23-,30-27-,33-31-,34-32-. The maximum Gasteiger partial charge on any atom is 0.306 e. The lowest BCUT2D eigenvalue weighted by Gasteiger charge is -2.18. The molecule has 83 heavy (non-hydrogen) atoms. The van der Waals surface area contributed by atoms with Crippen molar-refractivity contribution in [1.82, 2.24) is 0 Å². The highest BCUT2D eigenvalue weighted by atomic mass is 16.6. The van der Waals surface area contributed by atoms with Crippen LogP contribution in [0, 0.1) is 0 Å². The summed E-state index contributed by atoms with van der Waals surface area (Å²) in [6, 6.07) is 0. The summed E-state index contributed by atoms with van der Waals surface area (Å²) in [5.74, 6) is -0.872. The van der Waals surface area contributed by atoms with Gasteiger partial charge in [0.15, 0.2) is 6.10 Å². The minimum absolute atomic E-state index is 0.0787. The SMILES string of the molecule is CC/C=C\C/C=C\C/C=C\CCCCCCCCCC(=O)OCC(COC(=O)CCCCCCCCCCCCCCC/C=C\C/C=C\CCCCCCC)OC(=O)CCCCCCCCCCCCC/C=C\C/C=C\CCCCCCC. The molecular formula is C77H136O6. The van der Waals surface area contributed by atoms with Crippen molar-refractivity contribution in [2.24, 2.45) is 0 Å². The van der Waals surface area contributed by atoms with Crippen LogP contribution in [-0.2, 0) is 28.6 Å². The van der Waals surface area contributed by atoms with Crippen molar-refractivity contribution in [3.8, 4) is 0 Å². The van der Waals surface area contributed by atoms with Gasteiger partial charge in [-0.25, -0.2) is 0 Å². The van der Waals surface area contributed by atoms with E-state index >= 15 is 0 Å². The van der Waals surface area contributed by atoms with E-state index in [0.717, 1.165) is 96.3 Å². The Labute approximate surface area is 515 Å². The fourth-order valence-corrected chi connectivity index (χ4v) is 10.5. The number of rotatable bonds is 66. The lowest BCUT2D eigenvalue weighted by Crippen LogP contribution is -2.30. The second-order valence-electron chi connectivity index (χ2n) is 24.1. The Kier molecular flexibility index (Phi) is 68.2. The molecule has 0 saturated carbocycles. The van der Waals surface area contributed by atoms with Crippen LogP contribution in [0.3, 0.4) is 0 Å². The number of carbonyl (C=O) groups is 3.